The van der Waals surface area contributed by atoms with Gasteiger partial charge in [-0.3, -0.25) is 4.79 Å². The minimum atomic E-state index is 0.229. The standard InChI is InChI=1S/C12H24N2OS/c1-3-11(9-16-2)14-12(15)5-4-10-6-7-13-8-10/h10-11,13H,3-9H2,1-2H3,(H,14,15). The van der Waals surface area contributed by atoms with Crippen LogP contribution >= 0.6 is 11.8 Å². The summed E-state index contributed by atoms with van der Waals surface area (Å²) in [7, 11) is 0. The number of carbonyl (C=O) groups excluding carboxylic acids is 1. The summed E-state index contributed by atoms with van der Waals surface area (Å²) in [5.41, 5.74) is 0. The van der Waals surface area contributed by atoms with Crippen molar-refractivity contribution < 1.29 is 4.79 Å². The van der Waals surface area contributed by atoms with Gasteiger partial charge in [-0.05, 0) is 44.5 Å². The van der Waals surface area contributed by atoms with Crippen molar-refractivity contribution in [2.24, 2.45) is 5.92 Å². The van der Waals surface area contributed by atoms with Crippen molar-refractivity contribution in [3.63, 3.8) is 0 Å². The Morgan fingerprint density at radius 2 is 2.44 bits per heavy atom. The fraction of sp³-hybridized carbons (Fsp3) is 0.917. The normalized spacial score (nSPS) is 22.0. The third-order valence-corrected chi connectivity index (χ3v) is 3.90. The molecular weight excluding hydrogens is 220 g/mol. The lowest BCUT2D eigenvalue weighted by atomic mass is 10.0. The summed E-state index contributed by atoms with van der Waals surface area (Å²) in [6, 6.07) is 0.351. The Kier molecular flexibility index (Phi) is 6.88. The number of rotatable bonds is 7. The highest BCUT2D eigenvalue weighted by Gasteiger charge is 2.16. The zero-order chi connectivity index (χ0) is 11.8. The van der Waals surface area contributed by atoms with E-state index in [0.29, 0.717) is 18.4 Å². The number of amides is 1. The molecule has 2 atom stereocenters. The summed E-state index contributed by atoms with van der Waals surface area (Å²) in [4.78, 5) is 11.7. The fourth-order valence-electron chi connectivity index (χ4n) is 2.06. The molecule has 1 amide bonds. The first-order chi connectivity index (χ1) is 7.76. The predicted molar refractivity (Wildman–Crippen MR) is 70.8 cm³/mol. The smallest absolute Gasteiger partial charge is 0.220 e. The Morgan fingerprint density at radius 3 is 3.00 bits per heavy atom. The molecule has 0 aromatic carbocycles. The van der Waals surface area contributed by atoms with Crippen LogP contribution in [0, 0.1) is 5.92 Å². The molecule has 3 nitrogen and oxygen atoms in total. The number of carbonyl (C=O) groups is 1. The van der Waals surface area contributed by atoms with Crippen LogP contribution in [-0.2, 0) is 4.79 Å². The van der Waals surface area contributed by atoms with Gasteiger partial charge in [0, 0.05) is 18.2 Å². The predicted octanol–water partition coefficient (Wildman–Crippen LogP) is 1.63. The molecule has 0 saturated carbocycles. The van der Waals surface area contributed by atoms with Gasteiger partial charge in [-0.1, -0.05) is 6.92 Å². The zero-order valence-electron chi connectivity index (χ0n) is 10.4. The van der Waals surface area contributed by atoms with E-state index in [-0.39, 0.29) is 5.91 Å². The maximum atomic E-state index is 11.7. The Bertz CT molecular complexity index is 205. The van der Waals surface area contributed by atoms with Crippen LogP contribution in [0.25, 0.3) is 0 Å². The highest BCUT2D eigenvalue weighted by molar-refractivity contribution is 7.98. The van der Waals surface area contributed by atoms with Crippen LogP contribution in [-0.4, -0.2) is 37.0 Å². The van der Waals surface area contributed by atoms with Crippen LogP contribution in [0.2, 0.25) is 0 Å². The van der Waals surface area contributed by atoms with Gasteiger partial charge in [0.1, 0.15) is 0 Å². The van der Waals surface area contributed by atoms with Gasteiger partial charge in [0.15, 0.2) is 0 Å². The molecule has 0 aromatic heterocycles. The summed E-state index contributed by atoms with van der Waals surface area (Å²) >= 11 is 1.79. The van der Waals surface area contributed by atoms with Crippen LogP contribution in [0.3, 0.4) is 0 Å². The van der Waals surface area contributed by atoms with Gasteiger partial charge in [-0.2, -0.15) is 11.8 Å². The van der Waals surface area contributed by atoms with Crippen LogP contribution < -0.4 is 10.6 Å². The van der Waals surface area contributed by atoms with E-state index in [1.807, 2.05) is 0 Å². The lowest BCUT2D eigenvalue weighted by Crippen LogP contribution is -2.36. The van der Waals surface area contributed by atoms with Gasteiger partial charge < -0.3 is 10.6 Å². The lowest BCUT2D eigenvalue weighted by Gasteiger charge is -2.16. The van der Waals surface area contributed by atoms with Crippen molar-refractivity contribution in [3.05, 3.63) is 0 Å². The van der Waals surface area contributed by atoms with E-state index in [1.165, 1.54) is 6.42 Å². The summed E-state index contributed by atoms with van der Waals surface area (Å²) in [6.07, 6.45) is 6.07. The van der Waals surface area contributed by atoms with E-state index in [2.05, 4.69) is 23.8 Å². The van der Waals surface area contributed by atoms with Gasteiger partial charge in [0.25, 0.3) is 0 Å². The number of thioether (sulfide) groups is 1. The minimum absolute atomic E-state index is 0.229. The highest BCUT2D eigenvalue weighted by Crippen LogP contribution is 2.14. The Balaban J connectivity index is 2.13. The number of nitrogens with one attached hydrogen (secondary N) is 2. The molecule has 1 aliphatic rings. The monoisotopic (exact) mass is 244 g/mol. The maximum Gasteiger partial charge on any atom is 0.220 e. The van der Waals surface area contributed by atoms with Crippen LogP contribution in [0.5, 0.6) is 0 Å². The van der Waals surface area contributed by atoms with Crippen molar-refractivity contribution >= 4 is 17.7 Å². The van der Waals surface area contributed by atoms with E-state index in [4.69, 9.17) is 0 Å². The molecule has 16 heavy (non-hydrogen) atoms. The van der Waals surface area contributed by atoms with Crippen molar-refractivity contribution in [1.82, 2.24) is 10.6 Å². The summed E-state index contributed by atoms with van der Waals surface area (Å²) in [6.45, 7) is 4.34. The molecular formula is C12H24N2OS. The molecule has 1 heterocycles. The summed E-state index contributed by atoms with van der Waals surface area (Å²) in [5, 5.41) is 6.44. The second-order valence-electron chi connectivity index (χ2n) is 4.53. The Morgan fingerprint density at radius 1 is 1.62 bits per heavy atom. The average Bonchev–Trinajstić information content (AvgIpc) is 2.78. The zero-order valence-corrected chi connectivity index (χ0v) is 11.2. The SMILES string of the molecule is CCC(CSC)NC(=O)CCC1CCNC1. The van der Waals surface area contributed by atoms with Crippen molar-refractivity contribution in [2.45, 2.75) is 38.6 Å². The fourth-order valence-corrected chi connectivity index (χ4v) is 2.78. The maximum absolute atomic E-state index is 11.7. The van der Waals surface area contributed by atoms with Gasteiger partial charge in [-0.15, -0.1) is 0 Å². The largest absolute Gasteiger partial charge is 0.353 e. The molecule has 1 rings (SSSR count). The third kappa shape index (κ3) is 5.21. The Hall–Kier alpha value is -0.220. The molecule has 4 heteroatoms. The molecule has 0 aliphatic carbocycles. The first-order valence-corrected chi connectivity index (χ1v) is 7.64. The minimum Gasteiger partial charge on any atom is -0.353 e. The van der Waals surface area contributed by atoms with E-state index < -0.39 is 0 Å². The molecule has 0 aromatic rings. The number of hydrogen-bond acceptors (Lipinski definition) is 3. The van der Waals surface area contributed by atoms with E-state index in [9.17, 15) is 4.79 Å². The van der Waals surface area contributed by atoms with Gasteiger partial charge in [0.05, 0.1) is 0 Å². The second-order valence-corrected chi connectivity index (χ2v) is 5.44. The molecule has 0 spiro atoms. The molecule has 0 radical (unpaired) electrons. The molecule has 2 unspecified atom stereocenters. The van der Waals surface area contributed by atoms with Crippen LogP contribution in [0.1, 0.15) is 32.6 Å². The third-order valence-electron chi connectivity index (χ3n) is 3.17. The first kappa shape index (κ1) is 13.8. The lowest BCUT2D eigenvalue weighted by molar-refractivity contribution is -0.121. The summed E-state index contributed by atoms with van der Waals surface area (Å²) in [5.74, 6) is 1.96. The quantitative estimate of drug-likeness (QED) is 0.715. The van der Waals surface area contributed by atoms with Crippen molar-refractivity contribution in [3.8, 4) is 0 Å². The molecule has 0 bridgehead atoms. The molecule has 1 fully saturated rings. The molecule has 1 saturated heterocycles. The van der Waals surface area contributed by atoms with E-state index >= 15 is 0 Å². The number of hydrogen-bond donors (Lipinski definition) is 2. The Labute approximate surface area is 103 Å². The van der Waals surface area contributed by atoms with E-state index in [0.717, 1.165) is 31.7 Å². The molecule has 2 N–H and O–H groups in total. The van der Waals surface area contributed by atoms with Crippen molar-refractivity contribution in [1.29, 1.82) is 0 Å². The van der Waals surface area contributed by atoms with Crippen LogP contribution in [0.4, 0.5) is 0 Å². The van der Waals surface area contributed by atoms with Gasteiger partial charge in [0.2, 0.25) is 5.91 Å². The second kappa shape index (κ2) is 7.96. The van der Waals surface area contributed by atoms with Crippen LogP contribution in [0.15, 0.2) is 0 Å². The highest BCUT2D eigenvalue weighted by atomic mass is 32.2. The van der Waals surface area contributed by atoms with Gasteiger partial charge in [-0.25, -0.2) is 0 Å². The average molecular weight is 244 g/mol. The van der Waals surface area contributed by atoms with Gasteiger partial charge >= 0.3 is 0 Å². The first-order valence-electron chi connectivity index (χ1n) is 6.25. The molecule has 94 valence electrons. The van der Waals surface area contributed by atoms with Crippen molar-refractivity contribution in [2.75, 3.05) is 25.1 Å². The topological polar surface area (TPSA) is 41.1 Å². The van der Waals surface area contributed by atoms with E-state index in [1.54, 1.807) is 11.8 Å². The molecule has 1 aliphatic heterocycles. The summed E-state index contributed by atoms with van der Waals surface area (Å²) < 4.78 is 0.